The van der Waals surface area contributed by atoms with Crippen molar-refractivity contribution >= 4 is 9.84 Å². The second-order valence-corrected chi connectivity index (χ2v) is 7.82. The van der Waals surface area contributed by atoms with Gasteiger partial charge in [-0.3, -0.25) is 0 Å². The zero-order valence-electron chi connectivity index (χ0n) is 12.1. The fraction of sp³-hybridized carbons (Fsp3) is 0.600. The van der Waals surface area contributed by atoms with Gasteiger partial charge in [0.25, 0.3) is 0 Å². The fourth-order valence-corrected chi connectivity index (χ4v) is 4.20. The molecule has 1 aromatic rings. The molecule has 5 heteroatoms. The molecule has 4 nitrogen and oxygen atoms in total. The molecule has 1 unspecified atom stereocenters. The summed E-state index contributed by atoms with van der Waals surface area (Å²) in [5.74, 6) is 0.648. The van der Waals surface area contributed by atoms with Crippen LogP contribution in [0.5, 0.6) is 0 Å². The van der Waals surface area contributed by atoms with Crippen molar-refractivity contribution in [1.29, 1.82) is 0 Å². The summed E-state index contributed by atoms with van der Waals surface area (Å²) in [6, 6.07) is 10.6. The lowest BCUT2D eigenvalue weighted by Crippen LogP contribution is -2.37. The smallest absolute Gasteiger partial charge is 0.151 e. The van der Waals surface area contributed by atoms with E-state index < -0.39 is 9.84 Å². The van der Waals surface area contributed by atoms with Crippen molar-refractivity contribution < 1.29 is 8.42 Å². The summed E-state index contributed by atoms with van der Waals surface area (Å²) < 4.78 is 22.7. The fourth-order valence-electron chi connectivity index (χ4n) is 2.49. The van der Waals surface area contributed by atoms with Gasteiger partial charge in [0, 0.05) is 25.7 Å². The quantitative estimate of drug-likeness (QED) is 0.813. The summed E-state index contributed by atoms with van der Waals surface area (Å²) in [5, 5.41) is 3.35. The average molecular weight is 296 g/mol. The topological polar surface area (TPSA) is 49.4 Å². The van der Waals surface area contributed by atoms with E-state index in [2.05, 4.69) is 41.5 Å². The van der Waals surface area contributed by atoms with Crippen molar-refractivity contribution in [3.8, 4) is 0 Å². The Morgan fingerprint density at radius 3 is 2.65 bits per heavy atom. The normalized spacial score (nSPS) is 21.4. The standard InChI is InChI=1S/C15H24N2O2S/c1-17(10-7-14-5-3-2-4-6-14)11-9-16-15-8-12-20(18,19)13-15/h2-6,15-16H,7-13H2,1H3. The Morgan fingerprint density at radius 2 is 2.00 bits per heavy atom. The van der Waals surface area contributed by atoms with Gasteiger partial charge < -0.3 is 10.2 Å². The third-order valence-electron chi connectivity index (χ3n) is 3.78. The molecule has 1 saturated heterocycles. The molecule has 0 bridgehead atoms. The minimum absolute atomic E-state index is 0.155. The molecule has 0 amide bonds. The van der Waals surface area contributed by atoms with Crippen LogP contribution in [0.25, 0.3) is 0 Å². The molecule has 1 aliphatic rings. The van der Waals surface area contributed by atoms with Crippen LogP contribution in [0.2, 0.25) is 0 Å². The van der Waals surface area contributed by atoms with Gasteiger partial charge in [-0.15, -0.1) is 0 Å². The summed E-state index contributed by atoms with van der Waals surface area (Å²) in [4.78, 5) is 2.28. The van der Waals surface area contributed by atoms with Gasteiger partial charge in [-0.2, -0.15) is 0 Å². The second kappa shape index (κ2) is 7.20. The maximum atomic E-state index is 11.3. The van der Waals surface area contributed by atoms with Gasteiger partial charge in [-0.05, 0) is 25.5 Å². The molecule has 112 valence electrons. The van der Waals surface area contributed by atoms with Gasteiger partial charge in [0.05, 0.1) is 11.5 Å². The predicted molar refractivity (Wildman–Crippen MR) is 82.7 cm³/mol. The van der Waals surface area contributed by atoms with Crippen LogP contribution in [0.1, 0.15) is 12.0 Å². The van der Waals surface area contributed by atoms with E-state index in [0.717, 1.165) is 32.5 Å². The monoisotopic (exact) mass is 296 g/mol. The van der Waals surface area contributed by atoms with E-state index in [1.54, 1.807) is 0 Å². The molecule has 2 rings (SSSR count). The number of sulfone groups is 1. The molecular weight excluding hydrogens is 272 g/mol. The molecule has 1 heterocycles. The van der Waals surface area contributed by atoms with Crippen molar-refractivity contribution in [1.82, 2.24) is 10.2 Å². The Balaban J connectivity index is 1.60. The SMILES string of the molecule is CN(CCNC1CCS(=O)(=O)C1)CCc1ccccc1. The maximum absolute atomic E-state index is 11.3. The van der Waals surface area contributed by atoms with Crippen LogP contribution in [-0.2, 0) is 16.3 Å². The zero-order chi connectivity index (χ0) is 14.4. The van der Waals surface area contributed by atoms with Gasteiger partial charge in [0.1, 0.15) is 0 Å². The zero-order valence-corrected chi connectivity index (χ0v) is 12.9. The molecular formula is C15H24N2O2S. The Morgan fingerprint density at radius 1 is 1.25 bits per heavy atom. The highest BCUT2D eigenvalue weighted by molar-refractivity contribution is 7.91. The summed E-state index contributed by atoms with van der Waals surface area (Å²) in [6.45, 7) is 2.82. The summed E-state index contributed by atoms with van der Waals surface area (Å²) in [7, 11) is -0.661. The summed E-state index contributed by atoms with van der Waals surface area (Å²) >= 11 is 0. The van der Waals surface area contributed by atoms with E-state index in [1.807, 2.05) is 6.07 Å². The molecule has 0 aromatic heterocycles. The highest BCUT2D eigenvalue weighted by Gasteiger charge is 2.27. The second-order valence-electron chi connectivity index (χ2n) is 5.59. The van der Waals surface area contributed by atoms with Crippen LogP contribution >= 0.6 is 0 Å². The first-order valence-corrected chi connectivity index (χ1v) is 9.03. The highest BCUT2D eigenvalue weighted by Crippen LogP contribution is 2.10. The molecule has 1 aromatic carbocycles. The number of nitrogens with one attached hydrogen (secondary N) is 1. The number of benzene rings is 1. The number of hydrogen-bond donors (Lipinski definition) is 1. The van der Waals surface area contributed by atoms with Crippen LogP contribution in [0, 0.1) is 0 Å². The molecule has 0 spiro atoms. The molecule has 0 aliphatic carbocycles. The Labute approximate surface area is 122 Å². The third kappa shape index (κ3) is 5.23. The van der Waals surface area contributed by atoms with Crippen LogP contribution < -0.4 is 5.32 Å². The lowest BCUT2D eigenvalue weighted by Gasteiger charge is -2.18. The number of likely N-dealkylation sites (N-methyl/N-ethyl adjacent to an activating group) is 1. The van der Waals surface area contributed by atoms with Gasteiger partial charge in [-0.25, -0.2) is 8.42 Å². The van der Waals surface area contributed by atoms with Crippen LogP contribution in [0.4, 0.5) is 0 Å². The van der Waals surface area contributed by atoms with Crippen molar-refractivity contribution in [3.05, 3.63) is 35.9 Å². The lowest BCUT2D eigenvalue weighted by atomic mass is 10.1. The summed E-state index contributed by atoms with van der Waals surface area (Å²) in [6.07, 6.45) is 1.81. The number of hydrogen-bond acceptors (Lipinski definition) is 4. The van der Waals surface area contributed by atoms with Crippen molar-refractivity contribution in [2.75, 3.05) is 38.2 Å². The van der Waals surface area contributed by atoms with Crippen molar-refractivity contribution in [2.45, 2.75) is 18.9 Å². The Bertz CT molecular complexity index is 502. The number of nitrogens with zero attached hydrogens (tertiary/aromatic N) is 1. The minimum Gasteiger partial charge on any atom is -0.312 e. The molecule has 1 fully saturated rings. The van der Waals surface area contributed by atoms with Gasteiger partial charge in [0.15, 0.2) is 9.84 Å². The first-order chi connectivity index (χ1) is 9.55. The van der Waals surface area contributed by atoms with Gasteiger partial charge in [0.2, 0.25) is 0 Å². The first-order valence-electron chi connectivity index (χ1n) is 7.21. The maximum Gasteiger partial charge on any atom is 0.151 e. The van der Waals surface area contributed by atoms with E-state index in [9.17, 15) is 8.42 Å². The third-order valence-corrected chi connectivity index (χ3v) is 5.55. The van der Waals surface area contributed by atoms with Gasteiger partial charge in [-0.1, -0.05) is 30.3 Å². The minimum atomic E-state index is -2.77. The molecule has 20 heavy (non-hydrogen) atoms. The molecule has 0 saturated carbocycles. The van der Waals surface area contributed by atoms with E-state index in [-0.39, 0.29) is 6.04 Å². The Hall–Kier alpha value is -0.910. The highest BCUT2D eigenvalue weighted by atomic mass is 32.2. The lowest BCUT2D eigenvalue weighted by molar-refractivity contribution is 0.329. The molecule has 0 radical (unpaired) electrons. The summed E-state index contributed by atoms with van der Waals surface area (Å²) in [5.41, 5.74) is 1.36. The van der Waals surface area contributed by atoms with Crippen LogP contribution in [0.15, 0.2) is 30.3 Å². The molecule has 1 aliphatic heterocycles. The van der Waals surface area contributed by atoms with E-state index in [1.165, 1.54) is 5.56 Å². The van der Waals surface area contributed by atoms with E-state index in [4.69, 9.17) is 0 Å². The first kappa shape index (κ1) is 15.5. The average Bonchev–Trinajstić information content (AvgIpc) is 2.77. The Kier molecular flexibility index (Phi) is 5.57. The predicted octanol–water partition coefficient (Wildman–Crippen LogP) is 0.938. The number of rotatable bonds is 7. The van der Waals surface area contributed by atoms with Crippen molar-refractivity contribution in [3.63, 3.8) is 0 Å². The van der Waals surface area contributed by atoms with Crippen LogP contribution in [0.3, 0.4) is 0 Å². The van der Waals surface area contributed by atoms with E-state index in [0.29, 0.717) is 11.5 Å². The van der Waals surface area contributed by atoms with E-state index >= 15 is 0 Å². The van der Waals surface area contributed by atoms with Gasteiger partial charge >= 0.3 is 0 Å². The molecule has 1 atom stereocenters. The van der Waals surface area contributed by atoms with Crippen molar-refractivity contribution in [2.24, 2.45) is 0 Å². The largest absolute Gasteiger partial charge is 0.312 e. The van der Waals surface area contributed by atoms with Crippen LogP contribution in [-0.4, -0.2) is 57.5 Å². The molecule has 1 N–H and O–H groups in total.